The molecule has 3 aromatic carbocycles. The van der Waals surface area contributed by atoms with E-state index in [1.54, 1.807) is 12.1 Å². The second-order valence-electron chi connectivity index (χ2n) is 8.30. The summed E-state index contributed by atoms with van der Waals surface area (Å²) in [5, 5.41) is 5.40. The van der Waals surface area contributed by atoms with Gasteiger partial charge in [-0.3, -0.25) is 4.79 Å². The van der Waals surface area contributed by atoms with Crippen LogP contribution in [0, 0.1) is 6.92 Å². The number of benzene rings is 3. The van der Waals surface area contributed by atoms with Crippen LogP contribution < -0.4 is 10.7 Å². The molecule has 0 radical (unpaired) electrons. The van der Waals surface area contributed by atoms with Crippen molar-refractivity contribution < 1.29 is 9.59 Å². The molecule has 4 aromatic rings. The summed E-state index contributed by atoms with van der Waals surface area (Å²) < 4.78 is 2.46. The van der Waals surface area contributed by atoms with E-state index in [1.807, 2.05) is 49.4 Å². The monoisotopic (exact) mass is 566 g/mol. The maximum atomic E-state index is 13.2. The lowest BCUT2D eigenvalue weighted by atomic mass is 10.1. The van der Waals surface area contributed by atoms with E-state index >= 15 is 0 Å². The molecule has 37 heavy (non-hydrogen) atoms. The van der Waals surface area contributed by atoms with E-state index in [2.05, 4.69) is 33.5 Å². The molecule has 3 amide bonds. The molecule has 2 heterocycles. The molecule has 1 aromatic heterocycles. The standard InChI is InChI=1S/C27H20Cl2N4O2S2/c1-16-20(19-9-5-6-10-23(19)32(16)15-17-7-3-2-4-8-17)14-24-25(34)33(27(36)37-24)31-26(35)30-18-11-12-21(28)22(29)13-18/h2-14H,15H2,1H3,(H2,30,31,35)/b24-14-. The van der Waals surface area contributed by atoms with Crippen molar-refractivity contribution >= 4 is 86.1 Å². The summed E-state index contributed by atoms with van der Waals surface area (Å²) in [5.41, 5.74) is 7.16. The molecule has 0 spiro atoms. The summed E-state index contributed by atoms with van der Waals surface area (Å²) >= 11 is 18.5. The molecule has 1 saturated heterocycles. The van der Waals surface area contributed by atoms with Crippen molar-refractivity contribution in [2.24, 2.45) is 0 Å². The third-order valence-corrected chi connectivity index (χ3v) is 7.96. The molecule has 0 saturated carbocycles. The molecule has 1 fully saturated rings. The first-order valence-electron chi connectivity index (χ1n) is 11.2. The summed E-state index contributed by atoms with van der Waals surface area (Å²) in [4.78, 5) is 26.2. The van der Waals surface area contributed by atoms with E-state index in [0.29, 0.717) is 27.2 Å². The molecule has 0 aliphatic carbocycles. The summed E-state index contributed by atoms with van der Waals surface area (Å²) in [5.74, 6) is -0.404. The number of amides is 3. The zero-order valence-corrected chi connectivity index (χ0v) is 22.6. The minimum Gasteiger partial charge on any atom is -0.340 e. The number of para-hydroxylation sites is 1. The largest absolute Gasteiger partial charge is 0.340 e. The topological polar surface area (TPSA) is 66.4 Å². The van der Waals surface area contributed by atoms with Crippen LogP contribution in [0.2, 0.25) is 10.0 Å². The maximum absolute atomic E-state index is 13.2. The van der Waals surface area contributed by atoms with E-state index in [1.165, 1.54) is 11.6 Å². The highest BCUT2D eigenvalue weighted by atomic mass is 35.5. The van der Waals surface area contributed by atoms with Crippen LogP contribution in [-0.2, 0) is 11.3 Å². The maximum Gasteiger partial charge on any atom is 0.338 e. The predicted molar refractivity (Wildman–Crippen MR) is 156 cm³/mol. The molecular formula is C27H20Cl2N4O2S2. The van der Waals surface area contributed by atoms with E-state index in [9.17, 15) is 9.59 Å². The number of urea groups is 1. The zero-order chi connectivity index (χ0) is 26.1. The van der Waals surface area contributed by atoms with Crippen LogP contribution in [-0.4, -0.2) is 25.8 Å². The molecule has 1 aliphatic heterocycles. The van der Waals surface area contributed by atoms with Crippen LogP contribution >= 0.6 is 47.2 Å². The minimum atomic E-state index is -0.633. The van der Waals surface area contributed by atoms with Crippen molar-refractivity contribution in [3.05, 3.63) is 105 Å². The average Bonchev–Trinajstić information content (AvgIpc) is 3.30. The van der Waals surface area contributed by atoms with Gasteiger partial charge < -0.3 is 9.88 Å². The van der Waals surface area contributed by atoms with Crippen LogP contribution in [0.4, 0.5) is 10.5 Å². The number of aromatic nitrogens is 1. The number of hydrogen-bond donors (Lipinski definition) is 2. The Kier molecular flexibility index (Phi) is 7.26. The third kappa shape index (κ3) is 5.24. The molecular weight excluding hydrogens is 547 g/mol. The van der Waals surface area contributed by atoms with Gasteiger partial charge in [-0.05, 0) is 55.0 Å². The summed E-state index contributed by atoms with van der Waals surface area (Å²) in [6, 6.07) is 22.4. The SMILES string of the molecule is Cc1c(/C=C2\SC(=S)N(NC(=O)Nc3ccc(Cl)c(Cl)c3)C2=O)c2ccccc2n1Cc1ccccc1. The second kappa shape index (κ2) is 10.6. The first kappa shape index (κ1) is 25.4. The van der Waals surface area contributed by atoms with Gasteiger partial charge in [0, 0.05) is 34.4 Å². The van der Waals surface area contributed by atoms with Crippen molar-refractivity contribution in [1.29, 1.82) is 0 Å². The van der Waals surface area contributed by atoms with Crippen LogP contribution in [0.5, 0.6) is 0 Å². The number of hydrogen-bond acceptors (Lipinski definition) is 4. The lowest BCUT2D eigenvalue weighted by Gasteiger charge is -2.16. The van der Waals surface area contributed by atoms with Gasteiger partial charge in [0.1, 0.15) is 0 Å². The van der Waals surface area contributed by atoms with Crippen molar-refractivity contribution in [2.75, 3.05) is 5.32 Å². The summed E-state index contributed by atoms with van der Waals surface area (Å²) in [7, 11) is 0. The van der Waals surface area contributed by atoms with Crippen molar-refractivity contribution in [3.63, 3.8) is 0 Å². The number of carbonyl (C=O) groups excluding carboxylic acids is 2. The quantitative estimate of drug-likeness (QED) is 0.197. The van der Waals surface area contributed by atoms with Gasteiger partial charge in [-0.2, -0.15) is 5.01 Å². The molecule has 186 valence electrons. The number of hydrazine groups is 1. The first-order chi connectivity index (χ1) is 17.8. The van der Waals surface area contributed by atoms with Gasteiger partial charge in [0.2, 0.25) is 0 Å². The lowest BCUT2D eigenvalue weighted by molar-refractivity contribution is -0.123. The number of nitrogens with one attached hydrogen (secondary N) is 2. The van der Waals surface area contributed by atoms with Gasteiger partial charge in [-0.15, -0.1) is 0 Å². The highest BCUT2D eigenvalue weighted by molar-refractivity contribution is 8.26. The number of halogens is 2. The molecule has 2 N–H and O–H groups in total. The Labute approximate surface area is 233 Å². The van der Waals surface area contributed by atoms with Gasteiger partial charge in [0.05, 0.1) is 15.0 Å². The fraction of sp³-hybridized carbons (Fsp3) is 0.0741. The molecule has 0 unspecified atom stereocenters. The van der Waals surface area contributed by atoms with Crippen LogP contribution in [0.1, 0.15) is 16.8 Å². The van der Waals surface area contributed by atoms with Gasteiger partial charge in [0.15, 0.2) is 4.32 Å². The molecule has 1 aliphatic rings. The smallest absolute Gasteiger partial charge is 0.338 e. The Hall–Kier alpha value is -3.30. The van der Waals surface area contributed by atoms with Crippen molar-refractivity contribution in [1.82, 2.24) is 15.0 Å². The number of thiocarbonyl (C=S) groups is 1. The number of nitrogens with zero attached hydrogens (tertiary/aromatic N) is 2. The number of fused-ring (bicyclic) bond motifs is 1. The van der Waals surface area contributed by atoms with Crippen LogP contribution in [0.25, 0.3) is 17.0 Å². The fourth-order valence-corrected chi connectivity index (χ4v) is 5.60. The minimum absolute atomic E-state index is 0.228. The van der Waals surface area contributed by atoms with Gasteiger partial charge in [0.25, 0.3) is 5.91 Å². The third-order valence-electron chi connectivity index (χ3n) is 5.92. The highest BCUT2D eigenvalue weighted by Crippen LogP contribution is 2.35. The van der Waals surface area contributed by atoms with E-state index in [-0.39, 0.29) is 4.32 Å². The van der Waals surface area contributed by atoms with Crippen LogP contribution in [0.15, 0.2) is 77.7 Å². The summed E-state index contributed by atoms with van der Waals surface area (Å²) in [6.07, 6.45) is 1.84. The zero-order valence-electron chi connectivity index (χ0n) is 19.5. The fourth-order valence-electron chi connectivity index (χ4n) is 4.14. The lowest BCUT2D eigenvalue weighted by Crippen LogP contribution is -2.46. The normalized spacial score (nSPS) is 14.6. The van der Waals surface area contributed by atoms with Gasteiger partial charge in [-0.25, -0.2) is 10.2 Å². The Bertz CT molecular complexity index is 1580. The Morgan fingerprint density at radius 2 is 1.76 bits per heavy atom. The molecule has 6 nitrogen and oxygen atoms in total. The highest BCUT2D eigenvalue weighted by Gasteiger charge is 2.34. The second-order valence-corrected chi connectivity index (χ2v) is 10.8. The number of rotatable bonds is 5. The number of thioether (sulfide) groups is 1. The Balaban J connectivity index is 1.40. The van der Waals surface area contributed by atoms with Gasteiger partial charge in [-0.1, -0.05) is 83.5 Å². The van der Waals surface area contributed by atoms with Crippen molar-refractivity contribution in [3.8, 4) is 0 Å². The van der Waals surface area contributed by atoms with Crippen LogP contribution in [0.3, 0.4) is 0 Å². The van der Waals surface area contributed by atoms with E-state index in [4.69, 9.17) is 35.4 Å². The van der Waals surface area contributed by atoms with Gasteiger partial charge >= 0.3 is 6.03 Å². The average molecular weight is 568 g/mol. The first-order valence-corrected chi connectivity index (χ1v) is 13.2. The molecule has 0 atom stereocenters. The number of anilines is 1. The molecule has 0 bridgehead atoms. The summed E-state index contributed by atoms with van der Waals surface area (Å²) in [6.45, 7) is 2.75. The van der Waals surface area contributed by atoms with Crippen molar-refractivity contribution in [2.45, 2.75) is 13.5 Å². The molecule has 5 rings (SSSR count). The molecule has 10 heteroatoms. The van der Waals surface area contributed by atoms with E-state index < -0.39 is 11.9 Å². The number of carbonyl (C=O) groups is 2. The Morgan fingerprint density at radius 1 is 1.03 bits per heavy atom. The predicted octanol–water partition coefficient (Wildman–Crippen LogP) is 7.24. The Morgan fingerprint density at radius 3 is 2.51 bits per heavy atom. The van der Waals surface area contributed by atoms with E-state index in [0.717, 1.165) is 38.9 Å².